The topological polar surface area (TPSA) is 41.0 Å². The van der Waals surface area contributed by atoms with Gasteiger partial charge in [-0.2, -0.15) is 0 Å². The van der Waals surface area contributed by atoms with Gasteiger partial charge in [-0.25, -0.2) is 9.97 Å². The molecule has 21 heavy (non-hydrogen) atoms. The van der Waals surface area contributed by atoms with Gasteiger partial charge in [0.05, 0.1) is 0 Å². The number of piperidine rings is 1. The number of aromatic nitrogens is 2. The third kappa shape index (κ3) is 3.54. The van der Waals surface area contributed by atoms with E-state index >= 15 is 0 Å². The van der Waals surface area contributed by atoms with Crippen LogP contribution in [0.1, 0.15) is 50.3 Å². The van der Waals surface area contributed by atoms with E-state index in [1.807, 2.05) is 0 Å². The molecule has 0 aromatic carbocycles. The van der Waals surface area contributed by atoms with Gasteiger partial charge in [0.25, 0.3) is 0 Å². The van der Waals surface area contributed by atoms with Crippen molar-refractivity contribution in [2.75, 3.05) is 32.0 Å². The van der Waals surface area contributed by atoms with Crippen LogP contribution in [-0.4, -0.2) is 41.5 Å². The van der Waals surface area contributed by atoms with Crippen molar-refractivity contribution in [1.29, 1.82) is 0 Å². The smallest absolute Gasteiger partial charge is 0.132 e. The van der Waals surface area contributed by atoms with Crippen LogP contribution in [0.15, 0.2) is 6.33 Å². The van der Waals surface area contributed by atoms with Crippen molar-refractivity contribution in [3.63, 3.8) is 0 Å². The molecule has 4 nitrogen and oxygen atoms in total. The van der Waals surface area contributed by atoms with E-state index in [-0.39, 0.29) is 0 Å². The minimum atomic E-state index is 0.398. The Morgan fingerprint density at radius 1 is 1.14 bits per heavy atom. The molecule has 1 saturated heterocycles. The van der Waals surface area contributed by atoms with E-state index < -0.39 is 0 Å². The molecule has 0 unspecified atom stereocenters. The lowest BCUT2D eigenvalue weighted by Crippen LogP contribution is -2.40. The Labute approximate surface area is 128 Å². The summed E-state index contributed by atoms with van der Waals surface area (Å²) in [7, 11) is 2.22. The van der Waals surface area contributed by atoms with Gasteiger partial charge >= 0.3 is 0 Å². The molecule has 1 N–H and O–H groups in total. The fourth-order valence-electron chi connectivity index (χ4n) is 3.48. The maximum absolute atomic E-state index is 4.53. The predicted octanol–water partition coefficient (Wildman–Crippen LogP) is 2.89. The molecule has 0 bridgehead atoms. The summed E-state index contributed by atoms with van der Waals surface area (Å²) < 4.78 is 0. The predicted molar refractivity (Wildman–Crippen MR) is 86.6 cm³/mol. The zero-order chi connectivity index (χ0) is 14.7. The van der Waals surface area contributed by atoms with Crippen molar-refractivity contribution in [3.05, 3.63) is 17.6 Å². The van der Waals surface area contributed by atoms with Crippen molar-refractivity contribution >= 4 is 5.82 Å². The minimum Gasteiger partial charge on any atom is -0.369 e. The molecule has 1 fully saturated rings. The van der Waals surface area contributed by atoms with E-state index in [1.54, 1.807) is 6.33 Å². The van der Waals surface area contributed by atoms with Crippen LogP contribution in [-0.2, 0) is 12.8 Å². The summed E-state index contributed by atoms with van der Waals surface area (Å²) in [5.74, 6) is 1.10. The number of fused-ring (bicyclic) bond motifs is 1. The molecule has 0 amide bonds. The SMILES string of the molecule is CN1CCC(C)(CNc2ncnc3c2CCCCC3)CC1. The molecule has 0 saturated carbocycles. The molecular weight excluding hydrogens is 260 g/mol. The molecular formula is C17H28N4. The van der Waals surface area contributed by atoms with Crippen molar-refractivity contribution in [1.82, 2.24) is 14.9 Å². The summed E-state index contributed by atoms with van der Waals surface area (Å²) in [5.41, 5.74) is 3.06. The fourth-order valence-corrected chi connectivity index (χ4v) is 3.48. The maximum Gasteiger partial charge on any atom is 0.132 e. The zero-order valence-electron chi connectivity index (χ0n) is 13.5. The van der Waals surface area contributed by atoms with Crippen LogP contribution in [0.3, 0.4) is 0 Å². The lowest BCUT2D eigenvalue weighted by Gasteiger charge is -2.38. The highest BCUT2D eigenvalue weighted by atomic mass is 15.1. The van der Waals surface area contributed by atoms with Crippen molar-refractivity contribution in [2.24, 2.45) is 5.41 Å². The number of hydrogen-bond donors (Lipinski definition) is 1. The van der Waals surface area contributed by atoms with Gasteiger partial charge in [0.15, 0.2) is 0 Å². The number of nitrogens with zero attached hydrogens (tertiary/aromatic N) is 3. The minimum absolute atomic E-state index is 0.398. The Morgan fingerprint density at radius 3 is 2.71 bits per heavy atom. The molecule has 2 heterocycles. The lowest BCUT2D eigenvalue weighted by atomic mass is 9.80. The first kappa shape index (κ1) is 14.8. The quantitative estimate of drug-likeness (QED) is 0.868. The van der Waals surface area contributed by atoms with Crippen LogP contribution in [0.2, 0.25) is 0 Å². The van der Waals surface area contributed by atoms with Gasteiger partial charge in [-0.05, 0) is 64.1 Å². The van der Waals surface area contributed by atoms with E-state index in [9.17, 15) is 0 Å². The van der Waals surface area contributed by atoms with Crippen LogP contribution in [0, 0.1) is 5.41 Å². The molecule has 0 radical (unpaired) electrons. The molecule has 1 aliphatic carbocycles. The molecule has 0 spiro atoms. The van der Waals surface area contributed by atoms with Gasteiger partial charge in [-0.15, -0.1) is 0 Å². The average Bonchev–Trinajstić information content (AvgIpc) is 2.74. The normalized spacial score (nSPS) is 22.4. The summed E-state index contributed by atoms with van der Waals surface area (Å²) >= 11 is 0. The number of rotatable bonds is 3. The zero-order valence-corrected chi connectivity index (χ0v) is 13.5. The van der Waals surface area contributed by atoms with Crippen molar-refractivity contribution < 1.29 is 0 Å². The summed E-state index contributed by atoms with van der Waals surface area (Å²) in [5, 5.41) is 3.66. The Bertz CT molecular complexity index is 478. The van der Waals surface area contributed by atoms with E-state index in [0.29, 0.717) is 5.41 Å². The van der Waals surface area contributed by atoms with Gasteiger partial charge in [-0.1, -0.05) is 13.3 Å². The van der Waals surface area contributed by atoms with Crippen LogP contribution in [0.25, 0.3) is 0 Å². The highest BCUT2D eigenvalue weighted by molar-refractivity contribution is 5.46. The molecule has 116 valence electrons. The molecule has 1 aromatic rings. The van der Waals surface area contributed by atoms with Crippen molar-refractivity contribution in [2.45, 2.75) is 51.9 Å². The maximum atomic E-state index is 4.53. The number of aryl methyl sites for hydroxylation is 1. The van der Waals surface area contributed by atoms with Gasteiger partial charge in [0.1, 0.15) is 12.1 Å². The summed E-state index contributed by atoms with van der Waals surface area (Å²) in [6.07, 6.45) is 10.4. The second-order valence-corrected chi connectivity index (χ2v) is 7.18. The van der Waals surface area contributed by atoms with Gasteiger partial charge < -0.3 is 10.2 Å². The van der Waals surface area contributed by atoms with Gasteiger partial charge in [0, 0.05) is 17.8 Å². The average molecular weight is 288 g/mol. The molecule has 2 aliphatic rings. The molecule has 1 aliphatic heterocycles. The third-order valence-electron chi connectivity index (χ3n) is 5.25. The van der Waals surface area contributed by atoms with Gasteiger partial charge in [-0.3, -0.25) is 0 Å². The second-order valence-electron chi connectivity index (χ2n) is 7.18. The largest absolute Gasteiger partial charge is 0.369 e. The first-order valence-electron chi connectivity index (χ1n) is 8.41. The number of nitrogens with one attached hydrogen (secondary N) is 1. The summed E-state index contributed by atoms with van der Waals surface area (Å²) in [6, 6.07) is 0. The Morgan fingerprint density at radius 2 is 1.90 bits per heavy atom. The Hall–Kier alpha value is -1.16. The number of anilines is 1. The summed E-state index contributed by atoms with van der Waals surface area (Å²) in [4.78, 5) is 11.5. The standard InChI is InChI=1S/C17H28N4/c1-17(8-10-21(2)11-9-17)12-18-16-14-6-4-3-5-7-15(14)19-13-20-16/h13H,3-12H2,1-2H3,(H,18,19,20). The van der Waals surface area contributed by atoms with Crippen LogP contribution >= 0.6 is 0 Å². The monoisotopic (exact) mass is 288 g/mol. The molecule has 1 aromatic heterocycles. The first-order chi connectivity index (χ1) is 10.2. The molecule has 0 atom stereocenters. The molecule has 4 heteroatoms. The highest BCUT2D eigenvalue weighted by Gasteiger charge is 2.29. The van der Waals surface area contributed by atoms with E-state index in [0.717, 1.165) is 25.2 Å². The Balaban J connectivity index is 1.68. The van der Waals surface area contributed by atoms with Crippen molar-refractivity contribution in [3.8, 4) is 0 Å². The third-order valence-corrected chi connectivity index (χ3v) is 5.25. The van der Waals surface area contributed by atoms with Crippen LogP contribution in [0.5, 0.6) is 0 Å². The van der Waals surface area contributed by atoms with Crippen LogP contribution in [0.4, 0.5) is 5.82 Å². The highest BCUT2D eigenvalue weighted by Crippen LogP contribution is 2.31. The van der Waals surface area contributed by atoms with E-state index in [4.69, 9.17) is 0 Å². The number of likely N-dealkylation sites (tertiary alicyclic amines) is 1. The lowest BCUT2D eigenvalue weighted by molar-refractivity contribution is 0.150. The Kier molecular flexibility index (Phi) is 4.43. The van der Waals surface area contributed by atoms with E-state index in [2.05, 4.69) is 34.2 Å². The second kappa shape index (κ2) is 6.30. The number of hydrogen-bond acceptors (Lipinski definition) is 4. The first-order valence-corrected chi connectivity index (χ1v) is 8.41. The summed E-state index contributed by atoms with van der Waals surface area (Å²) in [6.45, 7) is 5.86. The molecule has 3 rings (SSSR count). The van der Waals surface area contributed by atoms with Gasteiger partial charge in [0.2, 0.25) is 0 Å². The fraction of sp³-hybridized carbons (Fsp3) is 0.765. The van der Waals surface area contributed by atoms with E-state index in [1.165, 1.54) is 56.5 Å². The van der Waals surface area contributed by atoms with Crippen LogP contribution < -0.4 is 5.32 Å².